The normalized spacial score (nSPS) is 23.5. The number of nitrogens with two attached hydrogens (primary N) is 1. The third-order valence-electron chi connectivity index (χ3n) is 3.84. The number of carbonyl (C=O) groups is 1. The van der Waals surface area contributed by atoms with E-state index in [9.17, 15) is 4.79 Å². The summed E-state index contributed by atoms with van der Waals surface area (Å²) in [6.07, 6.45) is 1.45. The number of benzene rings is 1. The Hall–Kier alpha value is -1.55. The van der Waals surface area contributed by atoms with Gasteiger partial charge in [-0.2, -0.15) is 0 Å². The maximum absolute atomic E-state index is 12.2. The molecular formula is C17H26N2O2. The Morgan fingerprint density at radius 1 is 1.19 bits per heavy atom. The third-order valence-corrected chi connectivity index (χ3v) is 3.84. The van der Waals surface area contributed by atoms with Crippen LogP contribution in [0.5, 0.6) is 0 Å². The fraction of sp³-hybridized carbons (Fsp3) is 0.588. The molecule has 21 heavy (non-hydrogen) atoms. The van der Waals surface area contributed by atoms with Crippen molar-refractivity contribution in [2.75, 3.05) is 13.1 Å². The van der Waals surface area contributed by atoms with Crippen molar-refractivity contribution >= 4 is 6.09 Å². The van der Waals surface area contributed by atoms with Gasteiger partial charge in [0.05, 0.1) is 0 Å². The minimum Gasteiger partial charge on any atom is -0.444 e. The lowest BCUT2D eigenvalue weighted by Crippen LogP contribution is -2.37. The first-order valence-corrected chi connectivity index (χ1v) is 7.65. The van der Waals surface area contributed by atoms with Crippen molar-refractivity contribution in [3.05, 3.63) is 35.9 Å². The maximum Gasteiger partial charge on any atom is 0.410 e. The molecule has 4 heteroatoms. The van der Waals surface area contributed by atoms with Gasteiger partial charge in [0.1, 0.15) is 5.60 Å². The van der Waals surface area contributed by atoms with Gasteiger partial charge in [-0.3, -0.25) is 0 Å². The van der Waals surface area contributed by atoms with E-state index in [2.05, 4.69) is 12.1 Å². The molecule has 0 aliphatic carbocycles. The predicted octanol–water partition coefficient (Wildman–Crippen LogP) is 3.13. The highest BCUT2D eigenvalue weighted by molar-refractivity contribution is 5.68. The van der Waals surface area contributed by atoms with Crippen LogP contribution in [-0.2, 0) is 4.74 Å². The van der Waals surface area contributed by atoms with Gasteiger partial charge in [0.2, 0.25) is 0 Å². The molecule has 0 saturated carbocycles. The van der Waals surface area contributed by atoms with Crippen molar-refractivity contribution < 1.29 is 9.53 Å². The summed E-state index contributed by atoms with van der Waals surface area (Å²) in [6, 6.07) is 10.4. The zero-order chi connectivity index (χ0) is 15.5. The summed E-state index contributed by atoms with van der Waals surface area (Å²) in [6.45, 7) is 7.03. The van der Waals surface area contributed by atoms with Crippen LogP contribution < -0.4 is 5.73 Å². The van der Waals surface area contributed by atoms with Gasteiger partial charge in [-0.1, -0.05) is 30.3 Å². The van der Waals surface area contributed by atoms with Gasteiger partial charge < -0.3 is 15.4 Å². The molecule has 0 spiro atoms. The highest BCUT2D eigenvalue weighted by atomic mass is 16.6. The first-order valence-electron chi connectivity index (χ1n) is 7.65. The molecule has 1 saturated heterocycles. The van der Waals surface area contributed by atoms with Gasteiger partial charge in [-0.25, -0.2) is 4.79 Å². The molecular weight excluding hydrogens is 264 g/mol. The maximum atomic E-state index is 12.2. The quantitative estimate of drug-likeness (QED) is 0.864. The number of nitrogens with zero attached hydrogens (tertiary/aromatic N) is 1. The van der Waals surface area contributed by atoms with Gasteiger partial charge >= 0.3 is 6.09 Å². The molecule has 0 radical (unpaired) electrons. The fourth-order valence-corrected chi connectivity index (χ4v) is 2.75. The average molecular weight is 290 g/mol. The minimum atomic E-state index is -0.454. The first-order chi connectivity index (χ1) is 9.87. The second-order valence-electron chi connectivity index (χ2n) is 6.73. The Balaban J connectivity index is 2.02. The zero-order valence-electron chi connectivity index (χ0n) is 13.2. The number of hydrogen-bond acceptors (Lipinski definition) is 3. The van der Waals surface area contributed by atoms with E-state index in [1.54, 1.807) is 4.90 Å². The van der Waals surface area contributed by atoms with Crippen LogP contribution in [0, 0.1) is 0 Å². The van der Waals surface area contributed by atoms with Crippen molar-refractivity contribution in [1.29, 1.82) is 0 Å². The molecule has 116 valence electrons. The topological polar surface area (TPSA) is 55.6 Å². The van der Waals surface area contributed by atoms with E-state index in [-0.39, 0.29) is 12.1 Å². The molecule has 2 rings (SSSR count). The number of rotatable bonds is 1. The molecule has 1 aromatic rings. The number of amides is 1. The highest BCUT2D eigenvalue weighted by Crippen LogP contribution is 2.27. The van der Waals surface area contributed by atoms with Crippen LogP contribution >= 0.6 is 0 Å². The van der Waals surface area contributed by atoms with E-state index >= 15 is 0 Å². The van der Waals surface area contributed by atoms with Crippen LogP contribution in [0.15, 0.2) is 30.3 Å². The molecule has 1 heterocycles. The van der Waals surface area contributed by atoms with Crippen LogP contribution in [0.1, 0.15) is 45.1 Å². The third kappa shape index (κ3) is 4.46. The second kappa shape index (κ2) is 6.48. The number of likely N-dealkylation sites (tertiary alicyclic amines) is 1. The summed E-state index contributed by atoms with van der Waals surface area (Å²) in [4.78, 5) is 14.0. The van der Waals surface area contributed by atoms with Crippen LogP contribution in [0.3, 0.4) is 0 Å². The predicted molar refractivity (Wildman–Crippen MR) is 84.2 cm³/mol. The molecule has 1 fully saturated rings. The molecule has 2 N–H and O–H groups in total. The molecule has 1 aromatic carbocycles. The largest absolute Gasteiger partial charge is 0.444 e. The van der Waals surface area contributed by atoms with Crippen LogP contribution in [0.25, 0.3) is 0 Å². The van der Waals surface area contributed by atoms with Crippen LogP contribution in [-0.4, -0.2) is 35.7 Å². The van der Waals surface area contributed by atoms with Crippen molar-refractivity contribution in [1.82, 2.24) is 4.90 Å². The SMILES string of the molecule is CC(C)(C)OC(=O)N1CCC(N)C(c2ccccc2)CC1. The lowest BCUT2D eigenvalue weighted by atomic mass is 9.88. The standard InChI is InChI=1S/C17H26N2O2/c1-17(2,3)21-16(20)19-11-9-14(15(18)10-12-19)13-7-5-4-6-8-13/h4-8,14-15H,9-12,18H2,1-3H3. The number of carbonyl (C=O) groups excluding carboxylic acids is 1. The van der Waals surface area contributed by atoms with E-state index < -0.39 is 5.60 Å². The van der Waals surface area contributed by atoms with E-state index in [0.29, 0.717) is 19.0 Å². The zero-order valence-corrected chi connectivity index (χ0v) is 13.2. The lowest BCUT2D eigenvalue weighted by molar-refractivity contribution is 0.0256. The molecule has 1 aliphatic heterocycles. The summed E-state index contributed by atoms with van der Waals surface area (Å²) in [7, 11) is 0. The molecule has 0 bridgehead atoms. The van der Waals surface area contributed by atoms with Gasteiger partial charge in [-0.05, 0) is 39.2 Å². The van der Waals surface area contributed by atoms with Crippen LogP contribution in [0.4, 0.5) is 4.79 Å². The molecule has 2 atom stereocenters. The summed E-state index contributed by atoms with van der Waals surface area (Å²) >= 11 is 0. The molecule has 1 amide bonds. The number of ether oxygens (including phenoxy) is 1. The Morgan fingerprint density at radius 2 is 1.81 bits per heavy atom. The first kappa shape index (κ1) is 15.8. The monoisotopic (exact) mass is 290 g/mol. The van der Waals surface area contributed by atoms with Gasteiger partial charge in [-0.15, -0.1) is 0 Å². The van der Waals surface area contributed by atoms with Crippen molar-refractivity contribution in [2.45, 2.75) is 51.2 Å². The number of hydrogen-bond donors (Lipinski definition) is 1. The van der Waals surface area contributed by atoms with Crippen molar-refractivity contribution in [2.24, 2.45) is 5.73 Å². The van der Waals surface area contributed by atoms with E-state index in [4.69, 9.17) is 10.5 Å². The average Bonchev–Trinajstić information content (AvgIpc) is 2.60. The second-order valence-corrected chi connectivity index (χ2v) is 6.73. The lowest BCUT2D eigenvalue weighted by Gasteiger charge is -2.26. The minimum absolute atomic E-state index is 0.0832. The van der Waals surface area contributed by atoms with Crippen molar-refractivity contribution in [3.63, 3.8) is 0 Å². The van der Waals surface area contributed by atoms with Gasteiger partial charge in [0.25, 0.3) is 0 Å². The molecule has 1 aliphatic rings. The van der Waals surface area contributed by atoms with Crippen molar-refractivity contribution in [3.8, 4) is 0 Å². The summed E-state index contributed by atoms with van der Waals surface area (Å²) in [5, 5.41) is 0. The van der Waals surface area contributed by atoms with E-state index in [1.165, 1.54) is 5.56 Å². The Labute approximate surface area is 127 Å². The Kier molecular flexibility index (Phi) is 4.88. The molecule has 0 aromatic heterocycles. The molecule has 4 nitrogen and oxygen atoms in total. The Morgan fingerprint density at radius 3 is 2.43 bits per heavy atom. The Bertz CT molecular complexity index is 467. The summed E-state index contributed by atoms with van der Waals surface area (Å²) in [5.41, 5.74) is 7.13. The highest BCUT2D eigenvalue weighted by Gasteiger charge is 2.29. The fourth-order valence-electron chi connectivity index (χ4n) is 2.75. The summed E-state index contributed by atoms with van der Waals surface area (Å²) < 4.78 is 5.46. The van der Waals surface area contributed by atoms with E-state index in [0.717, 1.165) is 12.8 Å². The van der Waals surface area contributed by atoms with E-state index in [1.807, 2.05) is 39.0 Å². The smallest absolute Gasteiger partial charge is 0.410 e. The molecule has 2 unspecified atom stereocenters. The van der Waals surface area contributed by atoms with Crippen LogP contribution in [0.2, 0.25) is 0 Å². The van der Waals surface area contributed by atoms with Gasteiger partial charge in [0.15, 0.2) is 0 Å². The summed E-state index contributed by atoms with van der Waals surface area (Å²) in [5.74, 6) is 0.304. The van der Waals surface area contributed by atoms with Gasteiger partial charge in [0, 0.05) is 25.0 Å².